The van der Waals surface area contributed by atoms with Gasteiger partial charge in [0.15, 0.2) is 5.76 Å². The SMILES string of the molecule is C[C@@]1(C(=O)NC2CCCCCCC2)Cn2nc(-c3ccco3)cc2C(=O)N1c1ccc(F)cc1F. The molecule has 0 radical (unpaired) electrons. The van der Waals surface area contributed by atoms with Crippen LogP contribution in [0.15, 0.2) is 47.1 Å². The number of amides is 2. The van der Waals surface area contributed by atoms with E-state index in [4.69, 9.17) is 4.42 Å². The van der Waals surface area contributed by atoms with Crippen molar-refractivity contribution in [3.63, 3.8) is 0 Å². The monoisotopic (exact) mass is 482 g/mol. The van der Waals surface area contributed by atoms with Crippen LogP contribution in [0.2, 0.25) is 0 Å². The summed E-state index contributed by atoms with van der Waals surface area (Å²) in [7, 11) is 0. The number of hydrogen-bond acceptors (Lipinski definition) is 4. The van der Waals surface area contributed by atoms with Gasteiger partial charge in [0.1, 0.15) is 28.6 Å². The molecule has 1 saturated carbocycles. The van der Waals surface area contributed by atoms with Crippen LogP contribution >= 0.6 is 0 Å². The largest absolute Gasteiger partial charge is 0.463 e. The molecular formula is C26H28F2N4O3. The third-order valence-electron chi connectivity index (χ3n) is 7.01. The highest BCUT2D eigenvalue weighted by molar-refractivity contribution is 6.12. The molecule has 0 spiro atoms. The van der Waals surface area contributed by atoms with E-state index < -0.39 is 23.1 Å². The first kappa shape index (κ1) is 23.3. The van der Waals surface area contributed by atoms with E-state index in [0.717, 1.165) is 55.6 Å². The number of furan rings is 1. The van der Waals surface area contributed by atoms with Gasteiger partial charge in [-0.2, -0.15) is 5.10 Å². The molecule has 1 atom stereocenters. The Hall–Kier alpha value is -3.49. The predicted octanol–water partition coefficient (Wildman–Crippen LogP) is 5.07. The first-order valence-corrected chi connectivity index (χ1v) is 12.1. The minimum Gasteiger partial charge on any atom is -0.463 e. The van der Waals surface area contributed by atoms with Gasteiger partial charge in [0.05, 0.1) is 18.5 Å². The van der Waals surface area contributed by atoms with Crippen LogP contribution in [-0.2, 0) is 11.3 Å². The minimum atomic E-state index is -1.49. The first-order chi connectivity index (χ1) is 16.9. The average Bonchev–Trinajstić information content (AvgIpc) is 3.47. The van der Waals surface area contributed by atoms with Gasteiger partial charge in [-0.15, -0.1) is 0 Å². The van der Waals surface area contributed by atoms with Gasteiger partial charge >= 0.3 is 0 Å². The fourth-order valence-electron chi connectivity index (χ4n) is 5.11. The number of aromatic nitrogens is 2. The van der Waals surface area contributed by atoms with E-state index in [1.54, 1.807) is 25.1 Å². The third kappa shape index (κ3) is 4.35. The molecule has 3 heterocycles. The quantitative estimate of drug-likeness (QED) is 0.563. The van der Waals surface area contributed by atoms with Crippen molar-refractivity contribution >= 4 is 17.5 Å². The maximum absolute atomic E-state index is 15.0. The van der Waals surface area contributed by atoms with E-state index in [1.165, 1.54) is 23.4 Å². The lowest BCUT2D eigenvalue weighted by Gasteiger charge is -2.43. The fraction of sp³-hybridized carbons (Fsp3) is 0.423. The van der Waals surface area contributed by atoms with Gasteiger partial charge in [-0.3, -0.25) is 19.2 Å². The summed E-state index contributed by atoms with van der Waals surface area (Å²) < 4.78 is 35.6. The molecule has 1 aromatic carbocycles. The van der Waals surface area contributed by atoms with Crippen molar-refractivity contribution in [1.29, 1.82) is 0 Å². The molecule has 5 rings (SSSR count). The molecule has 1 aliphatic heterocycles. The Balaban J connectivity index is 1.55. The number of nitrogens with zero attached hydrogens (tertiary/aromatic N) is 3. The number of anilines is 1. The predicted molar refractivity (Wildman–Crippen MR) is 126 cm³/mol. The molecular weight excluding hydrogens is 454 g/mol. The zero-order chi connectivity index (χ0) is 24.6. The van der Waals surface area contributed by atoms with E-state index in [2.05, 4.69) is 10.4 Å². The van der Waals surface area contributed by atoms with Crippen LogP contribution in [0.25, 0.3) is 11.5 Å². The molecule has 184 valence electrons. The molecule has 1 fully saturated rings. The van der Waals surface area contributed by atoms with E-state index >= 15 is 0 Å². The zero-order valence-corrected chi connectivity index (χ0v) is 19.6. The summed E-state index contributed by atoms with van der Waals surface area (Å²) in [6.07, 6.45) is 8.71. The van der Waals surface area contributed by atoms with Gasteiger partial charge in [-0.25, -0.2) is 8.78 Å². The molecule has 3 aromatic rings. The normalized spacial score (nSPS) is 21.3. The molecule has 0 bridgehead atoms. The van der Waals surface area contributed by atoms with Gasteiger partial charge < -0.3 is 9.73 Å². The number of carbonyl (C=O) groups excluding carboxylic acids is 2. The maximum Gasteiger partial charge on any atom is 0.277 e. The molecule has 1 aliphatic carbocycles. The Morgan fingerprint density at radius 2 is 1.86 bits per heavy atom. The molecule has 2 amide bonds. The topological polar surface area (TPSA) is 80.4 Å². The van der Waals surface area contributed by atoms with Crippen molar-refractivity contribution in [2.75, 3.05) is 4.90 Å². The summed E-state index contributed by atoms with van der Waals surface area (Å²) in [5.74, 6) is -2.19. The van der Waals surface area contributed by atoms with Gasteiger partial charge in [0, 0.05) is 18.2 Å². The lowest BCUT2D eigenvalue weighted by Crippen LogP contribution is -2.65. The van der Waals surface area contributed by atoms with Crippen molar-refractivity contribution in [2.24, 2.45) is 0 Å². The van der Waals surface area contributed by atoms with Crippen LogP contribution in [0.5, 0.6) is 0 Å². The Labute approximate surface area is 202 Å². The van der Waals surface area contributed by atoms with Gasteiger partial charge in [0.25, 0.3) is 5.91 Å². The second-order valence-electron chi connectivity index (χ2n) is 9.58. The second kappa shape index (κ2) is 9.28. The number of benzene rings is 1. The van der Waals surface area contributed by atoms with Crippen molar-refractivity contribution < 1.29 is 22.8 Å². The van der Waals surface area contributed by atoms with Crippen LogP contribution in [0, 0.1) is 11.6 Å². The van der Waals surface area contributed by atoms with Crippen LogP contribution in [0.4, 0.5) is 14.5 Å². The van der Waals surface area contributed by atoms with Crippen molar-refractivity contribution in [1.82, 2.24) is 15.1 Å². The molecule has 2 aliphatic rings. The minimum absolute atomic E-state index is 0.00412. The number of fused-ring (bicyclic) bond motifs is 1. The van der Waals surface area contributed by atoms with Crippen LogP contribution < -0.4 is 10.2 Å². The molecule has 1 N–H and O–H groups in total. The Bertz CT molecular complexity index is 1230. The van der Waals surface area contributed by atoms with Crippen molar-refractivity contribution in [2.45, 2.75) is 70.0 Å². The summed E-state index contributed by atoms with van der Waals surface area (Å²) >= 11 is 0. The first-order valence-electron chi connectivity index (χ1n) is 12.1. The van der Waals surface area contributed by atoms with Gasteiger partial charge in [0.2, 0.25) is 5.91 Å². The Morgan fingerprint density at radius 3 is 2.54 bits per heavy atom. The summed E-state index contributed by atoms with van der Waals surface area (Å²) in [5, 5.41) is 7.63. The lowest BCUT2D eigenvalue weighted by molar-refractivity contribution is -0.127. The van der Waals surface area contributed by atoms with E-state index in [0.29, 0.717) is 11.5 Å². The summed E-state index contributed by atoms with van der Waals surface area (Å²) in [6, 6.07) is 7.96. The highest BCUT2D eigenvalue weighted by Gasteiger charge is 2.50. The Morgan fingerprint density at radius 1 is 1.11 bits per heavy atom. The van der Waals surface area contributed by atoms with Crippen molar-refractivity contribution in [3.05, 3.63) is 60.0 Å². The number of nitrogens with one attached hydrogen (secondary N) is 1. The number of rotatable bonds is 4. The molecule has 7 nitrogen and oxygen atoms in total. The molecule has 0 saturated heterocycles. The Kier molecular flexibility index (Phi) is 6.17. The third-order valence-corrected chi connectivity index (χ3v) is 7.01. The highest BCUT2D eigenvalue weighted by atomic mass is 19.1. The number of hydrogen-bond donors (Lipinski definition) is 1. The van der Waals surface area contributed by atoms with E-state index in [9.17, 15) is 18.4 Å². The summed E-state index contributed by atoms with van der Waals surface area (Å²) in [5.41, 5.74) is -1.02. The standard InChI is InChI=1S/C26H28F2N4O3/c1-26(25(34)29-18-8-5-3-2-4-6-9-18)16-31-22(15-20(30-31)23-10-7-13-35-23)24(33)32(26)21-12-11-17(27)14-19(21)28/h7,10-15,18H,2-6,8-9,16H2,1H3,(H,29,34)/t26-/m0/s1. The molecule has 35 heavy (non-hydrogen) atoms. The lowest BCUT2D eigenvalue weighted by atomic mass is 9.91. The van der Waals surface area contributed by atoms with E-state index in [1.807, 2.05) is 0 Å². The summed E-state index contributed by atoms with van der Waals surface area (Å²) in [6.45, 7) is 1.60. The van der Waals surface area contributed by atoms with Crippen LogP contribution in [-0.4, -0.2) is 33.2 Å². The number of halogens is 2. The van der Waals surface area contributed by atoms with Crippen LogP contribution in [0.1, 0.15) is 62.4 Å². The summed E-state index contributed by atoms with van der Waals surface area (Å²) in [4.78, 5) is 28.7. The highest BCUT2D eigenvalue weighted by Crippen LogP contribution is 2.36. The van der Waals surface area contributed by atoms with Crippen molar-refractivity contribution in [3.8, 4) is 11.5 Å². The van der Waals surface area contributed by atoms with Crippen LogP contribution in [0.3, 0.4) is 0 Å². The number of carbonyl (C=O) groups is 2. The van der Waals surface area contributed by atoms with Gasteiger partial charge in [-0.1, -0.05) is 32.1 Å². The molecule has 9 heteroatoms. The second-order valence-corrected chi connectivity index (χ2v) is 9.58. The maximum atomic E-state index is 15.0. The van der Waals surface area contributed by atoms with Gasteiger partial charge in [-0.05, 0) is 44.0 Å². The fourth-order valence-corrected chi connectivity index (χ4v) is 5.11. The zero-order valence-electron chi connectivity index (χ0n) is 19.6. The average molecular weight is 483 g/mol. The molecule has 0 unspecified atom stereocenters. The molecule has 2 aromatic heterocycles. The van der Waals surface area contributed by atoms with E-state index in [-0.39, 0.29) is 29.9 Å². The smallest absolute Gasteiger partial charge is 0.277 e.